The van der Waals surface area contributed by atoms with Crippen LogP contribution in [-0.2, 0) is 0 Å². The molecule has 0 saturated heterocycles. The minimum absolute atomic E-state index is 0.213. The third kappa shape index (κ3) is 2.25. The highest BCUT2D eigenvalue weighted by molar-refractivity contribution is 5.82. The molecule has 60 valence electrons. The van der Waals surface area contributed by atoms with Crippen molar-refractivity contribution in [1.82, 2.24) is 0 Å². The first-order valence-corrected chi connectivity index (χ1v) is 3.60. The Balaban J connectivity index is 4.07. The second kappa shape index (κ2) is 4.14. The zero-order valence-electron chi connectivity index (χ0n) is 6.83. The molecular weight excluding hydrogens is 128 g/mol. The molecule has 0 aliphatic carbocycles. The molecule has 1 atom stereocenters. The van der Waals surface area contributed by atoms with E-state index in [1.54, 1.807) is 0 Å². The molecule has 0 aromatic heterocycles. The molecule has 0 spiro atoms. The van der Waals surface area contributed by atoms with E-state index < -0.39 is 0 Å². The maximum Gasteiger partial charge on any atom is 0.142 e. The van der Waals surface area contributed by atoms with Crippen molar-refractivity contribution in [1.29, 1.82) is 0 Å². The van der Waals surface area contributed by atoms with Crippen molar-refractivity contribution in [3.05, 3.63) is 0 Å². The van der Waals surface area contributed by atoms with E-state index in [2.05, 4.69) is 19.0 Å². The van der Waals surface area contributed by atoms with Crippen molar-refractivity contribution >= 4 is 5.84 Å². The first-order valence-electron chi connectivity index (χ1n) is 3.60. The Labute approximate surface area is 61.9 Å². The van der Waals surface area contributed by atoms with E-state index in [4.69, 9.17) is 10.9 Å². The molecule has 10 heavy (non-hydrogen) atoms. The molecule has 0 heterocycles. The molecule has 0 fully saturated rings. The summed E-state index contributed by atoms with van der Waals surface area (Å²) in [5.41, 5.74) is 5.43. The van der Waals surface area contributed by atoms with Crippen LogP contribution in [0.3, 0.4) is 0 Å². The van der Waals surface area contributed by atoms with Crippen LogP contribution >= 0.6 is 0 Å². The van der Waals surface area contributed by atoms with Gasteiger partial charge in [-0.2, -0.15) is 0 Å². The van der Waals surface area contributed by atoms with Gasteiger partial charge in [0.25, 0.3) is 0 Å². The molecule has 0 radical (unpaired) electrons. The van der Waals surface area contributed by atoms with Crippen LogP contribution in [0.1, 0.15) is 27.2 Å². The van der Waals surface area contributed by atoms with Gasteiger partial charge in [-0.3, -0.25) is 0 Å². The van der Waals surface area contributed by atoms with Crippen LogP contribution < -0.4 is 5.73 Å². The molecule has 3 N–H and O–H groups in total. The van der Waals surface area contributed by atoms with Gasteiger partial charge in [-0.1, -0.05) is 25.9 Å². The quantitative estimate of drug-likeness (QED) is 0.272. The number of rotatable bonds is 3. The van der Waals surface area contributed by atoms with Crippen LogP contribution in [0.15, 0.2) is 5.16 Å². The van der Waals surface area contributed by atoms with Crippen LogP contribution in [0.4, 0.5) is 0 Å². The second-order valence-electron chi connectivity index (χ2n) is 2.78. The summed E-state index contributed by atoms with van der Waals surface area (Å²) in [6.07, 6.45) is 0.924. The Morgan fingerprint density at radius 2 is 2.10 bits per heavy atom. The molecule has 3 heteroatoms. The Hall–Kier alpha value is -0.730. The van der Waals surface area contributed by atoms with E-state index in [0.717, 1.165) is 6.42 Å². The second-order valence-corrected chi connectivity index (χ2v) is 2.78. The number of hydrogen-bond acceptors (Lipinski definition) is 2. The highest BCUT2D eigenvalue weighted by Gasteiger charge is 2.14. The van der Waals surface area contributed by atoms with Crippen LogP contribution in [-0.4, -0.2) is 11.0 Å². The topological polar surface area (TPSA) is 58.6 Å². The number of nitrogens with zero attached hydrogens (tertiary/aromatic N) is 1. The fourth-order valence-corrected chi connectivity index (χ4v) is 1.10. The molecule has 0 amide bonds. The average molecular weight is 144 g/mol. The Bertz CT molecular complexity index is 121. The summed E-state index contributed by atoms with van der Waals surface area (Å²) in [7, 11) is 0. The summed E-state index contributed by atoms with van der Waals surface area (Å²) in [6, 6.07) is 0. The van der Waals surface area contributed by atoms with Crippen LogP contribution in [0.25, 0.3) is 0 Å². The zero-order valence-corrected chi connectivity index (χ0v) is 6.83. The number of hydrogen-bond donors (Lipinski definition) is 2. The van der Waals surface area contributed by atoms with Crippen molar-refractivity contribution in [2.45, 2.75) is 27.2 Å². The van der Waals surface area contributed by atoms with Gasteiger partial charge >= 0.3 is 0 Å². The lowest BCUT2D eigenvalue weighted by Crippen LogP contribution is -2.27. The molecular formula is C7H16N2O. The van der Waals surface area contributed by atoms with Crippen molar-refractivity contribution in [3.63, 3.8) is 0 Å². The molecule has 1 unspecified atom stereocenters. The smallest absolute Gasteiger partial charge is 0.142 e. The molecule has 0 saturated carbocycles. The maximum atomic E-state index is 8.35. The molecule has 0 aliphatic rings. The predicted octanol–water partition coefficient (Wildman–Crippen LogP) is 1.42. The monoisotopic (exact) mass is 144 g/mol. The predicted molar refractivity (Wildman–Crippen MR) is 42.0 cm³/mol. The lowest BCUT2D eigenvalue weighted by atomic mass is 9.92. The summed E-state index contributed by atoms with van der Waals surface area (Å²) in [6.45, 7) is 6.15. The van der Waals surface area contributed by atoms with E-state index in [1.165, 1.54) is 0 Å². The number of oxime groups is 1. The van der Waals surface area contributed by atoms with Gasteiger partial charge in [0, 0.05) is 5.92 Å². The van der Waals surface area contributed by atoms with Gasteiger partial charge in [-0.15, -0.1) is 0 Å². The van der Waals surface area contributed by atoms with Gasteiger partial charge in [0.2, 0.25) is 0 Å². The summed E-state index contributed by atoms with van der Waals surface area (Å²) >= 11 is 0. The Kier molecular flexibility index (Phi) is 3.84. The van der Waals surface area contributed by atoms with E-state index in [-0.39, 0.29) is 5.92 Å². The molecule has 0 aliphatic heterocycles. The van der Waals surface area contributed by atoms with Crippen molar-refractivity contribution in [2.24, 2.45) is 22.7 Å². The highest BCUT2D eigenvalue weighted by Crippen LogP contribution is 2.14. The summed E-state index contributed by atoms with van der Waals surface area (Å²) in [4.78, 5) is 0. The van der Waals surface area contributed by atoms with Gasteiger partial charge in [-0.25, -0.2) is 0 Å². The summed E-state index contributed by atoms with van der Waals surface area (Å²) in [5.74, 6) is 1.00. The fraction of sp³-hybridized carbons (Fsp3) is 0.857. The lowest BCUT2D eigenvalue weighted by molar-refractivity contribution is 0.309. The molecule has 0 aromatic carbocycles. The van der Waals surface area contributed by atoms with Gasteiger partial charge in [0.05, 0.1) is 0 Å². The maximum absolute atomic E-state index is 8.35. The lowest BCUT2D eigenvalue weighted by Gasteiger charge is -2.16. The fourth-order valence-electron chi connectivity index (χ4n) is 1.10. The normalized spacial score (nSPS) is 15.8. The summed E-state index contributed by atoms with van der Waals surface area (Å²) < 4.78 is 0. The van der Waals surface area contributed by atoms with Crippen molar-refractivity contribution in [3.8, 4) is 0 Å². The Morgan fingerprint density at radius 3 is 2.20 bits per heavy atom. The number of nitrogens with two attached hydrogens (primary N) is 1. The van der Waals surface area contributed by atoms with Gasteiger partial charge in [0.15, 0.2) is 0 Å². The minimum Gasteiger partial charge on any atom is -0.409 e. The third-order valence-corrected chi connectivity index (χ3v) is 1.74. The SMILES string of the molecule is CCC(C(N)=NO)C(C)C. The van der Waals surface area contributed by atoms with Gasteiger partial charge < -0.3 is 10.9 Å². The molecule has 0 aromatic rings. The van der Waals surface area contributed by atoms with E-state index in [1.807, 2.05) is 6.92 Å². The van der Waals surface area contributed by atoms with Crippen LogP contribution in [0.2, 0.25) is 0 Å². The standard InChI is InChI=1S/C7H16N2O/c1-4-6(5(2)3)7(8)9-10/h5-6,10H,4H2,1-3H3,(H2,8,9). The van der Waals surface area contributed by atoms with Gasteiger partial charge in [0.1, 0.15) is 5.84 Å². The summed E-state index contributed by atoms with van der Waals surface area (Å²) in [5, 5.41) is 11.3. The van der Waals surface area contributed by atoms with Crippen LogP contribution in [0, 0.1) is 11.8 Å². The Morgan fingerprint density at radius 1 is 1.60 bits per heavy atom. The molecule has 0 rings (SSSR count). The first-order chi connectivity index (χ1) is 4.63. The molecule has 3 nitrogen and oxygen atoms in total. The molecule has 0 bridgehead atoms. The highest BCUT2D eigenvalue weighted by atomic mass is 16.4. The van der Waals surface area contributed by atoms with E-state index in [9.17, 15) is 0 Å². The van der Waals surface area contributed by atoms with Crippen molar-refractivity contribution < 1.29 is 5.21 Å². The first kappa shape index (κ1) is 9.27. The average Bonchev–Trinajstić information content (AvgIpc) is 1.88. The largest absolute Gasteiger partial charge is 0.409 e. The van der Waals surface area contributed by atoms with E-state index >= 15 is 0 Å². The minimum atomic E-state index is 0.213. The number of amidine groups is 1. The van der Waals surface area contributed by atoms with Gasteiger partial charge in [-0.05, 0) is 12.3 Å². The van der Waals surface area contributed by atoms with E-state index in [0.29, 0.717) is 11.8 Å². The third-order valence-electron chi connectivity index (χ3n) is 1.74. The zero-order chi connectivity index (χ0) is 8.15. The van der Waals surface area contributed by atoms with Crippen molar-refractivity contribution in [2.75, 3.05) is 0 Å². The van der Waals surface area contributed by atoms with Crippen LogP contribution in [0.5, 0.6) is 0 Å².